The van der Waals surface area contributed by atoms with Crippen molar-refractivity contribution in [2.75, 3.05) is 20.6 Å². The number of amides is 1. The average molecular weight is 243 g/mol. The number of hydrogen-bond acceptors (Lipinski definition) is 3. The fraction of sp³-hybridized carbons (Fsp3) is 0.923. The van der Waals surface area contributed by atoms with Crippen LogP contribution >= 0.6 is 0 Å². The predicted molar refractivity (Wildman–Crippen MR) is 72.8 cm³/mol. The van der Waals surface area contributed by atoms with Crippen molar-refractivity contribution in [3.8, 4) is 0 Å². The van der Waals surface area contributed by atoms with E-state index in [1.54, 1.807) is 6.92 Å². The van der Waals surface area contributed by atoms with Gasteiger partial charge >= 0.3 is 0 Å². The third-order valence-corrected chi connectivity index (χ3v) is 2.97. The van der Waals surface area contributed by atoms with E-state index in [9.17, 15) is 4.79 Å². The molecule has 0 radical (unpaired) electrons. The van der Waals surface area contributed by atoms with E-state index in [0.29, 0.717) is 12.3 Å². The summed E-state index contributed by atoms with van der Waals surface area (Å²) in [5, 5.41) is 3.07. The van der Waals surface area contributed by atoms with Crippen LogP contribution in [-0.2, 0) is 4.79 Å². The minimum atomic E-state index is -0.756. The molecule has 1 amide bonds. The van der Waals surface area contributed by atoms with E-state index in [1.807, 2.05) is 21.0 Å². The van der Waals surface area contributed by atoms with Gasteiger partial charge in [-0.2, -0.15) is 0 Å². The van der Waals surface area contributed by atoms with Gasteiger partial charge in [0.05, 0.1) is 5.54 Å². The minimum Gasteiger partial charge on any atom is -0.350 e. The first-order valence-corrected chi connectivity index (χ1v) is 6.45. The van der Waals surface area contributed by atoms with Crippen molar-refractivity contribution in [3.05, 3.63) is 0 Å². The lowest BCUT2D eigenvalue weighted by molar-refractivity contribution is -0.127. The molecule has 0 saturated heterocycles. The standard InChI is InChI=1S/C13H29N3O/c1-7-8-13(4,14)12(17)15-11(10(2)3)9-16(5)6/h10-11H,7-9,14H2,1-6H3,(H,15,17). The van der Waals surface area contributed by atoms with Gasteiger partial charge in [-0.25, -0.2) is 0 Å². The van der Waals surface area contributed by atoms with E-state index in [4.69, 9.17) is 5.73 Å². The maximum absolute atomic E-state index is 12.1. The van der Waals surface area contributed by atoms with Crippen LogP contribution in [0.2, 0.25) is 0 Å². The largest absolute Gasteiger partial charge is 0.350 e. The molecule has 0 aliphatic carbocycles. The second-order valence-corrected chi connectivity index (χ2v) is 5.75. The molecule has 4 heteroatoms. The number of carbonyl (C=O) groups excluding carboxylic acids is 1. The van der Waals surface area contributed by atoms with Crippen molar-refractivity contribution in [1.82, 2.24) is 10.2 Å². The van der Waals surface area contributed by atoms with Crippen LogP contribution in [0.1, 0.15) is 40.5 Å². The van der Waals surface area contributed by atoms with Crippen LogP contribution in [0.25, 0.3) is 0 Å². The van der Waals surface area contributed by atoms with Gasteiger partial charge in [0.15, 0.2) is 0 Å². The maximum Gasteiger partial charge on any atom is 0.240 e. The van der Waals surface area contributed by atoms with Gasteiger partial charge in [0.25, 0.3) is 0 Å². The molecule has 0 rings (SSSR count). The molecular formula is C13H29N3O. The second-order valence-electron chi connectivity index (χ2n) is 5.75. The van der Waals surface area contributed by atoms with E-state index in [0.717, 1.165) is 13.0 Å². The summed E-state index contributed by atoms with van der Waals surface area (Å²) in [6.45, 7) is 8.91. The Morgan fingerprint density at radius 2 is 1.94 bits per heavy atom. The Morgan fingerprint density at radius 1 is 1.41 bits per heavy atom. The first-order valence-electron chi connectivity index (χ1n) is 6.45. The monoisotopic (exact) mass is 243 g/mol. The summed E-state index contributed by atoms with van der Waals surface area (Å²) in [4.78, 5) is 14.2. The van der Waals surface area contributed by atoms with E-state index < -0.39 is 5.54 Å². The Morgan fingerprint density at radius 3 is 2.29 bits per heavy atom. The number of nitrogens with zero attached hydrogens (tertiary/aromatic N) is 1. The highest BCUT2D eigenvalue weighted by Gasteiger charge is 2.29. The van der Waals surface area contributed by atoms with Gasteiger partial charge in [-0.05, 0) is 33.4 Å². The quantitative estimate of drug-likeness (QED) is 0.706. The number of hydrogen-bond donors (Lipinski definition) is 2. The third-order valence-electron chi connectivity index (χ3n) is 2.97. The molecule has 0 bridgehead atoms. The van der Waals surface area contributed by atoms with Gasteiger partial charge < -0.3 is 16.0 Å². The summed E-state index contributed by atoms with van der Waals surface area (Å²) in [5.41, 5.74) is 5.27. The zero-order valence-corrected chi connectivity index (χ0v) is 12.2. The van der Waals surface area contributed by atoms with E-state index >= 15 is 0 Å². The first-order chi connectivity index (χ1) is 7.70. The Hall–Kier alpha value is -0.610. The molecule has 0 spiro atoms. The molecule has 0 aromatic carbocycles. The average Bonchev–Trinajstić information content (AvgIpc) is 2.15. The van der Waals surface area contributed by atoms with Gasteiger partial charge in [-0.1, -0.05) is 27.2 Å². The fourth-order valence-electron chi connectivity index (χ4n) is 1.78. The normalized spacial score (nSPS) is 17.0. The summed E-state index contributed by atoms with van der Waals surface area (Å²) in [5.74, 6) is 0.360. The highest BCUT2D eigenvalue weighted by molar-refractivity contribution is 5.85. The molecular weight excluding hydrogens is 214 g/mol. The topological polar surface area (TPSA) is 58.4 Å². The van der Waals surface area contributed by atoms with Crippen LogP contribution in [0, 0.1) is 5.92 Å². The summed E-state index contributed by atoms with van der Waals surface area (Å²) in [6.07, 6.45) is 1.63. The van der Waals surface area contributed by atoms with Crippen LogP contribution in [0.5, 0.6) is 0 Å². The minimum absolute atomic E-state index is 0.0418. The van der Waals surface area contributed by atoms with Crippen LogP contribution in [0.15, 0.2) is 0 Å². The zero-order chi connectivity index (χ0) is 13.6. The van der Waals surface area contributed by atoms with Crippen molar-refractivity contribution in [1.29, 1.82) is 0 Å². The number of nitrogens with one attached hydrogen (secondary N) is 1. The summed E-state index contributed by atoms with van der Waals surface area (Å²) in [7, 11) is 4.02. The van der Waals surface area contributed by atoms with Gasteiger partial charge in [0.2, 0.25) is 5.91 Å². The molecule has 0 aliphatic heterocycles. The van der Waals surface area contributed by atoms with E-state index in [2.05, 4.69) is 24.1 Å². The molecule has 2 atom stereocenters. The van der Waals surface area contributed by atoms with Crippen LogP contribution in [0.3, 0.4) is 0 Å². The molecule has 2 unspecified atom stereocenters. The van der Waals surface area contributed by atoms with Crippen LogP contribution in [-0.4, -0.2) is 43.0 Å². The summed E-state index contributed by atoms with van der Waals surface area (Å²) in [6, 6.07) is 0.150. The fourth-order valence-corrected chi connectivity index (χ4v) is 1.78. The van der Waals surface area contributed by atoms with Gasteiger partial charge in [0, 0.05) is 12.6 Å². The highest BCUT2D eigenvalue weighted by Crippen LogP contribution is 2.11. The highest BCUT2D eigenvalue weighted by atomic mass is 16.2. The molecule has 0 heterocycles. The predicted octanol–water partition coefficient (Wildman–Crippen LogP) is 1.21. The van der Waals surface area contributed by atoms with Crippen LogP contribution in [0.4, 0.5) is 0 Å². The molecule has 102 valence electrons. The molecule has 17 heavy (non-hydrogen) atoms. The summed E-state index contributed by atoms with van der Waals surface area (Å²) < 4.78 is 0. The molecule has 0 aromatic heterocycles. The number of nitrogens with two attached hydrogens (primary N) is 1. The number of carbonyl (C=O) groups is 1. The Labute approximate surface area is 106 Å². The molecule has 0 fully saturated rings. The summed E-state index contributed by atoms with van der Waals surface area (Å²) >= 11 is 0. The van der Waals surface area contributed by atoms with Crippen molar-refractivity contribution >= 4 is 5.91 Å². The molecule has 0 aliphatic rings. The second kappa shape index (κ2) is 6.97. The SMILES string of the molecule is CCCC(C)(N)C(=O)NC(CN(C)C)C(C)C. The van der Waals surface area contributed by atoms with Crippen LogP contribution < -0.4 is 11.1 Å². The molecule has 4 nitrogen and oxygen atoms in total. The van der Waals surface area contributed by atoms with Crippen molar-refractivity contribution in [2.45, 2.75) is 52.1 Å². The Balaban J connectivity index is 4.50. The number of likely N-dealkylation sites (N-methyl/N-ethyl adjacent to an activating group) is 1. The lowest BCUT2D eigenvalue weighted by atomic mass is 9.94. The van der Waals surface area contributed by atoms with Gasteiger partial charge in [-0.15, -0.1) is 0 Å². The third kappa shape index (κ3) is 6.03. The van der Waals surface area contributed by atoms with Crippen molar-refractivity contribution in [2.24, 2.45) is 11.7 Å². The lowest BCUT2D eigenvalue weighted by Crippen LogP contribution is -2.56. The van der Waals surface area contributed by atoms with Gasteiger partial charge in [-0.3, -0.25) is 4.79 Å². The Kier molecular flexibility index (Phi) is 6.72. The molecule has 0 saturated carbocycles. The molecule has 0 aromatic rings. The maximum atomic E-state index is 12.1. The smallest absolute Gasteiger partial charge is 0.240 e. The van der Waals surface area contributed by atoms with Crippen molar-refractivity contribution < 1.29 is 4.79 Å². The van der Waals surface area contributed by atoms with E-state index in [1.165, 1.54) is 0 Å². The zero-order valence-electron chi connectivity index (χ0n) is 12.2. The van der Waals surface area contributed by atoms with Gasteiger partial charge in [0.1, 0.15) is 0 Å². The van der Waals surface area contributed by atoms with E-state index in [-0.39, 0.29) is 11.9 Å². The Bertz CT molecular complexity index is 237. The molecule has 3 N–H and O–H groups in total. The first kappa shape index (κ1) is 16.4. The number of rotatable bonds is 7. The van der Waals surface area contributed by atoms with Crippen molar-refractivity contribution in [3.63, 3.8) is 0 Å². The lowest BCUT2D eigenvalue weighted by Gasteiger charge is -2.30.